The molecule has 1 aromatic heterocycles. The Balaban J connectivity index is 1.73. The molecule has 7 N–H and O–H groups in total. The van der Waals surface area contributed by atoms with Gasteiger partial charge in [0, 0.05) is 29.9 Å². The zero-order valence-electron chi connectivity index (χ0n) is 22.4. The molecule has 0 radical (unpaired) electrons. The standard InChI is InChI=1S/C29H37N5O5/c1-17(2)13-22(30)27(36)32-18(3)26(35)33-24(14-19-9-5-4-6-10-19)28(37)34-25(29(38)39)15-20-16-31-23-12-8-7-11-21(20)23/h4-12,16-18,22,24-25,31H,13-15,30H2,1-3H3,(H,32,36)(H,33,35)(H,34,37)(H,38,39). The number of fused-ring (bicyclic) bond motifs is 1. The van der Waals surface area contributed by atoms with Crippen molar-refractivity contribution in [1.82, 2.24) is 20.9 Å². The van der Waals surface area contributed by atoms with Gasteiger partial charge in [0.1, 0.15) is 18.1 Å². The highest BCUT2D eigenvalue weighted by Gasteiger charge is 2.29. The first kappa shape index (κ1) is 29.4. The Morgan fingerprint density at radius 1 is 0.821 bits per heavy atom. The smallest absolute Gasteiger partial charge is 0.326 e. The fourth-order valence-electron chi connectivity index (χ4n) is 4.35. The molecule has 0 aliphatic heterocycles. The van der Waals surface area contributed by atoms with Gasteiger partial charge in [0.2, 0.25) is 17.7 Å². The molecule has 39 heavy (non-hydrogen) atoms. The second-order valence-electron chi connectivity index (χ2n) is 10.2. The van der Waals surface area contributed by atoms with Gasteiger partial charge in [-0.25, -0.2) is 4.79 Å². The van der Waals surface area contributed by atoms with E-state index in [0.717, 1.165) is 22.0 Å². The van der Waals surface area contributed by atoms with Gasteiger partial charge in [-0.1, -0.05) is 62.4 Å². The molecule has 2 aromatic carbocycles. The zero-order valence-corrected chi connectivity index (χ0v) is 22.4. The average molecular weight is 536 g/mol. The van der Waals surface area contributed by atoms with E-state index in [1.54, 1.807) is 6.20 Å². The summed E-state index contributed by atoms with van der Waals surface area (Å²) in [5, 5.41) is 18.6. The molecular weight excluding hydrogens is 498 g/mol. The molecular formula is C29H37N5O5. The van der Waals surface area contributed by atoms with Gasteiger partial charge in [-0.15, -0.1) is 0 Å². The van der Waals surface area contributed by atoms with Crippen molar-refractivity contribution in [3.63, 3.8) is 0 Å². The van der Waals surface area contributed by atoms with Crippen LogP contribution in [0.4, 0.5) is 0 Å². The van der Waals surface area contributed by atoms with Crippen molar-refractivity contribution in [3.05, 3.63) is 71.9 Å². The molecule has 3 amide bonds. The van der Waals surface area contributed by atoms with Crippen LogP contribution in [0.15, 0.2) is 60.8 Å². The second kappa shape index (κ2) is 13.6. The Morgan fingerprint density at radius 2 is 1.46 bits per heavy atom. The topological polar surface area (TPSA) is 166 Å². The molecule has 208 valence electrons. The number of aliphatic carboxylic acids is 1. The molecule has 3 aromatic rings. The highest BCUT2D eigenvalue weighted by atomic mass is 16.4. The first-order valence-electron chi connectivity index (χ1n) is 13.0. The lowest BCUT2D eigenvalue weighted by atomic mass is 10.0. The first-order chi connectivity index (χ1) is 18.5. The van der Waals surface area contributed by atoms with E-state index in [9.17, 15) is 24.3 Å². The van der Waals surface area contributed by atoms with Gasteiger partial charge in [-0.3, -0.25) is 14.4 Å². The van der Waals surface area contributed by atoms with E-state index in [4.69, 9.17) is 5.73 Å². The number of carbonyl (C=O) groups is 4. The third kappa shape index (κ3) is 8.41. The monoisotopic (exact) mass is 535 g/mol. The van der Waals surface area contributed by atoms with Crippen molar-refractivity contribution in [1.29, 1.82) is 0 Å². The number of rotatable bonds is 13. The summed E-state index contributed by atoms with van der Waals surface area (Å²) in [6.07, 6.45) is 2.37. The fourth-order valence-corrected chi connectivity index (χ4v) is 4.35. The number of hydrogen-bond acceptors (Lipinski definition) is 5. The number of nitrogens with two attached hydrogens (primary N) is 1. The summed E-state index contributed by atoms with van der Waals surface area (Å²) in [5.74, 6) is -2.67. The molecule has 3 rings (SSSR count). The highest BCUT2D eigenvalue weighted by molar-refractivity contribution is 5.94. The number of amides is 3. The summed E-state index contributed by atoms with van der Waals surface area (Å²) in [6, 6.07) is 12.5. The fraction of sp³-hybridized carbons (Fsp3) is 0.379. The number of benzene rings is 2. The van der Waals surface area contributed by atoms with Gasteiger partial charge >= 0.3 is 5.97 Å². The van der Waals surface area contributed by atoms with E-state index in [1.807, 2.05) is 68.4 Å². The van der Waals surface area contributed by atoms with Gasteiger partial charge in [-0.05, 0) is 36.5 Å². The third-order valence-electron chi connectivity index (χ3n) is 6.44. The zero-order chi connectivity index (χ0) is 28.5. The quantitative estimate of drug-likeness (QED) is 0.195. The predicted octanol–water partition coefficient (Wildman–Crippen LogP) is 1.89. The van der Waals surface area contributed by atoms with Crippen LogP contribution in [0.3, 0.4) is 0 Å². The van der Waals surface area contributed by atoms with Crippen LogP contribution in [0.2, 0.25) is 0 Å². The van der Waals surface area contributed by atoms with Crippen LogP contribution >= 0.6 is 0 Å². The molecule has 0 saturated carbocycles. The Labute approximate surface area is 227 Å². The van der Waals surface area contributed by atoms with Crippen molar-refractivity contribution < 1.29 is 24.3 Å². The lowest BCUT2D eigenvalue weighted by Gasteiger charge is -2.24. The van der Waals surface area contributed by atoms with Crippen LogP contribution in [0, 0.1) is 5.92 Å². The summed E-state index contributed by atoms with van der Waals surface area (Å²) in [4.78, 5) is 54.0. The van der Waals surface area contributed by atoms with Crippen LogP contribution in [0.5, 0.6) is 0 Å². The van der Waals surface area contributed by atoms with E-state index in [1.165, 1.54) is 6.92 Å². The SMILES string of the molecule is CC(C)CC(N)C(=O)NC(C)C(=O)NC(Cc1ccccc1)C(=O)NC(Cc1c[nH]c2ccccc12)C(=O)O. The van der Waals surface area contributed by atoms with Crippen LogP contribution < -0.4 is 21.7 Å². The molecule has 4 atom stereocenters. The molecule has 0 aliphatic rings. The lowest BCUT2D eigenvalue weighted by molar-refractivity contribution is -0.142. The van der Waals surface area contributed by atoms with Crippen molar-refractivity contribution in [2.24, 2.45) is 11.7 Å². The predicted molar refractivity (Wildman–Crippen MR) is 149 cm³/mol. The summed E-state index contributed by atoms with van der Waals surface area (Å²) >= 11 is 0. The van der Waals surface area contributed by atoms with E-state index < -0.39 is 47.9 Å². The van der Waals surface area contributed by atoms with Crippen LogP contribution in [0.1, 0.15) is 38.3 Å². The molecule has 4 unspecified atom stereocenters. The molecule has 0 aliphatic carbocycles. The molecule has 10 heteroatoms. The number of para-hydroxylation sites is 1. The number of aromatic amines is 1. The average Bonchev–Trinajstić information content (AvgIpc) is 3.30. The lowest BCUT2D eigenvalue weighted by Crippen LogP contribution is -2.57. The van der Waals surface area contributed by atoms with Gasteiger partial charge in [-0.2, -0.15) is 0 Å². The van der Waals surface area contributed by atoms with Gasteiger partial charge in [0.05, 0.1) is 6.04 Å². The Bertz CT molecular complexity index is 1290. The van der Waals surface area contributed by atoms with Crippen LogP contribution in [-0.4, -0.2) is 57.9 Å². The van der Waals surface area contributed by atoms with Crippen molar-refractivity contribution in [2.45, 2.75) is 64.2 Å². The van der Waals surface area contributed by atoms with E-state index in [0.29, 0.717) is 6.42 Å². The van der Waals surface area contributed by atoms with Gasteiger partial charge in [0.15, 0.2) is 0 Å². The minimum Gasteiger partial charge on any atom is -0.480 e. The second-order valence-corrected chi connectivity index (χ2v) is 10.2. The Hall–Kier alpha value is -4.18. The third-order valence-corrected chi connectivity index (χ3v) is 6.44. The number of hydrogen-bond donors (Lipinski definition) is 6. The summed E-state index contributed by atoms with van der Waals surface area (Å²) < 4.78 is 0. The highest BCUT2D eigenvalue weighted by Crippen LogP contribution is 2.19. The maximum atomic E-state index is 13.4. The number of carboxylic acid groups (broad SMARTS) is 1. The maximum Gasteiger partial charge on any atom is 0.326 e. The molecule has 0 saturated heterocycles. The van der Waals surface area contributed by atoms with Crippen molar-refractivity contribution >= 4 is 34.6 Å². The summed E-state index contributed by atoms with van der Waals surface area (Å²) in [6.45, 7) is 5.39. The Kier molecular flexibility index (Phi) is 10.2. The minimum absolute atomic E-state index is 0.0529. The van der Waals surface area contributed by atoms with E-state index in [2.05, 4.69) is 20.9 Å². The molecule has 0 fully saturated rings. The van der Waals surface area contributed by atoms with Crippen LogP contribution in [-0.2, 0) is 32.0 Å². The maximum absolute atomic E-state index is 13.4. The van der Waals surface area contributed by atoms with E-state index >= 15 is 0 Å². The number of aromatic nitrogens is 1. The van der Waals surface area contributed by atoms with Gasteiger partial charge in [0.25, 0.3) is 0 Å². The summed E-state index contributed by atoms with van der Waals surface area (Å²) in [7, 11) is 0. The van der Waals surface area contributed by atoms with Crippen LogP contribution in [0.25, 0.3) is 10.9 Å². The van der Waals surface area contributed by atoms with E-state index in [-0.39, 0.29) is 18.8 Å². The minimum atomic E-state index is -1.22. The first-order valence-corrected chi connectivity index (χ1v) is 13.0. The number of H-pyrrole nitrogens is 1. The number of carboxylic acids is 1. The normalized spacial score (nSPS) is 14.3. The molecule has 0 bridgehead atoms. The molecule has 1 heterocycles. The van der Waals surface area contributed by atoms with Crippen molar-refractivity contribution in [3.8, 4) is 0 Å². The summed E-state index contributed by atoms with van der Waals surface area (Å²) in [5.41, 5.74) is 8.31. The number of carbonyl (C=O) groups excluding carboxylic acids is 3. The molecule has 0 spiro atoms. The number of nitrogens with one attached hydrogen (secondary N) is 4. The molecule has 10 nitrogen and oxygen atoms in total. The van der Waals surface area contributed by atoms with Gasteiger partial charge < -0.3 is 31.8 Å². The van der Waals surface area contributed by atoms with Crippen molar-refractivity contribution in [2.75, 3.05) is 0 Å². The largest absolute Gasteiger partial charge is 0.480 e. The Morgan fingerprint density at radius 3 is 2.13 bits per heavy atom.